The van der Waals surface area contributed by atoms with Crippen LogP contribution in [0.15, 0.2) is 273 Å². The maximum atomic E-state index is 16.2. The van der Waals surface area contributed by atoms with Crippen LogP contribution in [-0.2, 0) is 29.4 Å². The molecule has 0 aliphatic rings. The minimum absolute atomic E-state index is 0.0612. The second-order valence-corrected chi connectivity index (χ2v) is 20.8. The molecule has 0 aromatic heterocycles. The largest absolute Gasteiger partial charge is 0.480 e. The molecule has 0 fully saturated rings. The Hall–Kier alpha value is -7.95. The van der Waals surface area contributed by atoms with Crippen LogP contribution in [-0.4, -0.2) is 52.5 Å². The van der Waals surface area contributed by atoms with E-state index in [4.69, 9.17) is 0 Å². The van der Waals surface area contributed by atoms with Gasteiger partial charge in [-0.2, -0.15) is 0 Å². The van der Waals surface area contributed by atoms with Gasteiger partial charge in [0.25, 0.3) is 0 Å². The molecule has 0 radical (unpaired) electrons. The van der Waals surface area contributed by atoms with Crippen LogP contribution in [0, 0.1) is 0 Å². The number of thioether (sulfide) groups is 2. The lowest BCUT2D eigenvalue weighted by atomic mass is 9.76. The summed E-state index contributed by atoms with van der Waals surface area (Å²) in [6, 6.07) is 88.6. The van der Waals surface area contributed by atoms with Gasteiger partial charge in [-0.05, 0) is 57.0 Å². The molecule has 9 aromatic rings. The molecule has 0 saturated carbocycles. The summed E-state index contributed by atoms with van der Waals surface area (Å²) in [6.07, 6.45) is 0. The number of amides is 2. The van der Waals surface area contributed by atoms with Gasteiger partial charge in [-0.25, -0.2) is 0 Å². The molecule has 7 nitrogen and oxygen atoms in total. The predicted octanol–water partition coefficient (Wildman–Crippen LogP) is 12.5. The van der Waals surface area contributed by atoms with Crippen LogP contribution in [0.5, 0.6) is 0 Å². The zero-order valence-electron chi connectivity index (χ0n) is 41.6. The zero-order valence-corrected chi connectivity index (χ0v) is 43.2. The van der Waals surface area contributed by atoms with E-state index in [1.54, 1.807) is 11.8 Å². The molecule has 374 valence electrons. The SMILES string of the molecule is C[C@H](NC(=O)[C@H](CSC(c1ccccc1)(c1ccccc1)c1ccccc1)NC(=O)[C@H](CSC(c1ccccc1)(c1ccccc1)c1ccccc1)NC(c1ccccc1)(c1ccccc1)c1ccccc1)C(=O)O. The van der Waals surface area contributed by atoms with Gasteiger partial charge in [-0.15, -0.1) is 23.5 Å². The summed E-state index contributed by atoms with van der Waals surface area (Å²) in [5.74, 6) is -1.99. The van der Waals surface area contributed by atoms with Crippen LogP contribution in [0.2, 0.25) is 0 Å². The van der Waals surface area contributed by atoms with E-state index in [1.807, 2.05) is 164 Å². The van der Waals surface area contributed by atoms with Crippen LogP contribution in [0.4, 0.5) is 0 Å². The van der Waals surface area contributed by atoms with Gasteiger partial charge in [0.2, 0.25) is 11.8 Å². The number of carbonyl (C=O) groups is 3. The molecule has 75 heavy (non-hydrogen) atoms. The van der Waals surface area contributed by atoms with Crippen molar-refractivity contribution in [2.75, 3.05) is 11.5 Å². The number of carboxylic acid groups (broad SMARTS) is 1. The van der Waals surface area contributed by atoms with Gasteiger partial charge in [-0.1, -0.05) is 273 Å². The number of nitrogens with one attached hydrogen (secondary N) is 3. The van der Waals surface area contributed by atoms with Gasteiger partial charge >= 0.3 is 5.97 Å². The molecule has 0 spiro atoms. The first-order valence-electron chi connectivity index (χ1n) is 25.1. The molecule has 4 N–H and O–H groups in total. The van der Waals surface area contributed by atoms with Crippen molar-refractivity contribution < 1.29 is 19.5 Å². The Morgan fingerprint density at radius 3 is 0.840 bits per heavy atom. The highest BCUT2D eigenvalue weighted by atomic mass is 32.2. The molecular formula is C66H59N3O4S2. The van der Waals surface area contributed by atoms with Crippen molar-refractivity contribution >= 4 is 41.3 Å². The molecule has 3 atom stereocenters. The lowest BCUT2D eigenvalue weighted by Gasteiger charge is -2.42. The number of carbonyl (C=O) groups excluding carboxylic acids is 2. The maximum absolute atomic E-state index is 16.2. The third kappa shape index (κ3) is 11.3. The minimum atomic E-state index is -1.24. The Bertz CT molecular complexity index is 2930. The molecule has 2 amide bonds. The second-order valence-electron chi connectivity index (χ2n) is 18.4. The van der Waals surface area contributed by atoms with Crippen LogP contribution in [0.3, 0.4) is 0 Å². The van der Waals surface area contributed by atoms with E-state index in [9.17, 15) is 14.7 Å². The molecule has 9 aromatic carbocycles. The molecule has 0 saturated heterocycles. The number of aliphatic carboxylic acids is 1. The Labute approximate surface area is 448 Å². The lowest BCUT2D eigenvalue weighted by molar-refractivity contribution is -0.141. The van der Waals surface area contributed by atoms with Gasteiger partial charge in [0.15, 0.2) is 0 Å². The smallest absolute Gasteiger partial charge is 0.325 e. The quantitative estimate of drug-likeness (QED) is 0.0501. The Morgan fingerprint density at radius 2 is 0.587 bits per heavy atom. The van der Waals surface area contributed by atoms with E-state index < -0.39 is 50.9 Å². The summed E-state index contributed by atoms with van der Waals surface area (Å²) in [5, 5.41) is 20.2. The van der Waals surface area contributed by atoms with Crippen LogP contribution >= 0.6 is 23.5 Å². The van der Waals surface area contributed by atoms with Crippen molar-refractivity contribution in [2.45, 2.75) is 40.1 Å². The van der Waals surface area contributed by atoms with Crippen LogP contribution in [0.25, 0.3) is 0 Å². The minimum Gasteiger partial charge on any atom is -0.480 e. The summed E-state index contributed by atoms with van der Waals surface area (Å²) < 4.78 is -1.67. The van der Waals surface area contributed by atoms with Crippen molar-refractivity contribution in [1.82, 2.24) is 16.0 Å². The van der Waals surface area contributed by atoms with Gasteiger partial charge in [0.1, 0.15) is 12.1 Å². The Morgan fingerprint density at radius 1 is 0.360 bits per heavy atom. The number of carboxylic acids is 1. The summed E-state index contributed by atoms with van der Waals surface area (Å²) in [5.41, 5.74) is 7.64. The third-order valence-electron chi connectivity index (χ3n) is 13.7. The van der Waals surface area contributed by atoms with Crippen molar-refractivity contribution in [3.63, 3.8) is 0 Å². The Kier molecular flexibility index (Phi) is 16.9. The standard InChI is InChI=1S/C66H59N3O4S2/c1-49(63(72)73)67-61(70)59(47-74-65(53-35-17-5-18-36-53,54-37-19-6-20-38-54)55-39-21-7-22-40-55)68-62(71)60(69-64(50-29-11-2-12-30-50,51-31-13-3-14-32-51)52-33-15-4-16-34-52)48-75-66(56-41-23-8-24-42-56,57-43-25-9-26-44-57)58-45-27-10-28-46-58/h2-46,49,59-60,69H,47-48H2,1H3,(H,67,70)(H,68,71)(H,72,73)/t49-,59-,60-/m0/s1. The fraction of sp³-hybridized carbons (Fsp3) is 0.136. The average molecular weight is 1020 g/mol. The third-order valence-corrected chi connectivity index (χ3v) is 17.0. The van der Waals surface area contributed by atoms with Crippen molar-refractivity contribution in [2.24, 2.45) is 0 Å². The molecule has 9 heteroatoms. The fourth-order valence-corrected chi connectivity index (χ4v) is 13.2. The number of hydrogen-bond donors (Lipinski definition) is 4. The van der Waals surface area contributed by atoms with Crippen molar-refractivity contribution in [3.8, 4) is 0 Å². The van der Waals surface area contributed by atoms with Crippen molar-refractivity contribution in [3.05, 3.63) is 323 Å². The summed E-state index contributed by atoms with van der Waals surface area (Å²) >= 11 is 3.16. The highest BCUT2D eigenvalue weighted by Gasteiger charge is 2.45. The normalized spacial score (nSPS) is 12.9. The van der Waals surface area contributed by atoms with Crippen LogP contribution in [0.1, 0.15) is 57.0 Å². The van der Waals surface area contributed by atoms with Gasteiger partial charge in [0.05, 0.1) is 21.1 Å². The Balaban J connectivity index is 1.21. The molecule has 0 unspecified atom stereocenters. The van der Waals surface area contributed by atoms with E-state index in [0.717, 1.165) is 50.1 Å². The first-order chi connectivity index (χ1) is 36.8. The summed E-state index contributed by atoms with van der Waals surface area (Å²) in [4.78, 5) is 43.6. The maximum Gasteiger partial charge on any atom is 0.325 e. The van der Waals surface area contributed by atoms with E-state index in [0.29, 0.717) is 0 Å². The topological polar surface area (TPSA) is 108 Å². The molecule has 0 bridgehead atoms. The van der Waals surface area contributed by atoms with Gasteiger partial charge < -0.3 is 15.7 Å². The van der Waals surface area contributed by atoms with E-state index in [2.05, 4.69) is 125 Å². The number of benzene rings is 9. The first kappa shape index (κ1) is 51.9. The molecule has 9 rings (SSSR count). The average Bonchev–Trinajstić information content (AvgIpc) is 3.48. The van der Waals surface area contributed by atoms with E-state index in [1.165, 1.54) is 18.7 Å². The zero-order chi connectivity index (χ0) is 51.9. The van der Waals surface area contributed by atoms with Gasteiger partial charge in [0, 0.05) is 11.5 Å². The molecule has 0 aliphatic heterocycles. The summed E-state index contributed by atoms with van der Waals surface area (Å²) in [6.45, 7) is 1.43. The van der Waals surface area contributed by atoms with Crippen LogP contribution < -0.4 is 16.0 Å². The van der Waals surface area contributed by atoms with Gasteiger partial charge in [-0.3, -0.25) is 19.7 Å². The highest BCUT2D eigenvalue weighted by Crippen LogP contribution is 2.50. The monoisotopic (exact) mass is 1020 g/mol. The molecule has 0 heterocycles. The molecular weight excluding hydrogens is 963 g/mol. The number of hydrogen-bond acceptors (Lipinski definition) is 6. The summed E-state index contributed by atoms with van der Waals surface area (Å²) in [7, 11) is 0. The fourth-order valence-electron chi connectivity index (χ4n) is 10.0. The number of rotatable bonds is 22. The second kappa shape index (κ2) is 24.4. The van der Waals surface area contributed by atoms with Crippen molar-refractivity contribution in [1.29, 1.82) is 0 Å². The lowest BCUT2D eigenvalue weighted by Crippen LogP contribution is -2.60. The highest BCUT2D eigenvalue weighted by molar-refractivity contribution is 8.01. The van der Waals surface area contributed by atoms with E-state index in [-0.39, 0.29) is 11.5 Å². The van der Waals surface area contributed by atoms with E-state index >= 15 is 4.79 Å². The predicted molar refractivity (Wildman–Crippen MR) is 307 cm³/mol. The molecule has 0 aliphatic carbocycles. The first-order valence-corrected chi connectivity index (χ1v) is 27.1.